The van der Waals surface area contributed by atoms with Gasteiger partial charge in [-0.3, -0.25) is 0 Å². The van der Waals surface area contributed by atoms with E-state index < -0.39 is 0 Å². The van der Waals surface area contributed by atoms with Gasteiger partial charge in [0.2, 0.25) is 0 Å². The quantitative estimate of drug-likeness (QED) is 0.879. The highest BCUT2D eigenvalue weighted by Gasteiger charge is 2.40. The first kappa shape index (κ1) is 12.7. The standard InChI is InChI=1S/C14H13BrClNS/c15-12-4-2-1-3-11(12)14(8-17-9-14)7-10-5-6-13(16)18-10/h1-6,17H,7-9H2. The molecule has 1 fully saturated rings. The van der Waals surface area contributed by atoms with Crippen LogP contribution in [0.15, 0.2) is 40.9 Å². The molecular formula is C14H13BrClNS. The van der Waals surface area contributed by atoms with Crippen LogP contribution in [0.25, 0.3) is 0 Å². The lowest BCUT2D eigenvalue weighted by molar-refractivity contribution is 0.275. The minimum absolute atomic E-state index is 0.217. The van der Waals surface area contributed by atoms with Crippen LogP contribution in [0.5, 0.6) is 0 Å². The van der Waals surface area contributed by atoms with Crippen LogP contribution in [0, 0.1) is 0 Å². The number of benzene rings is 1. The second-order valence-electron chi connectivity index (χ2n) is 4.75. The normalized spacial score (nSPS) is 17.4. The van der Waals surface area contributed by atoms with Crippen molar-refractivity contribution < 1.29 is 0 Å². The number of halogens is 2. The summed E-state index contributed by atoms with van der Waals surface area (Å²) in [7, 11) is 0. The Kier molecular flexibility index (Phi) is 3.50. The summed E-state index contributed by atoms with van der Waals surface area (Å²) >= 11 is 11.4. The Balaban J connectivity index is 1.93. The minimum atomic E-state index is 0.217. The molecule has 1 aromatic heterocycles. The fraction of sp³-hybridized carbons (Fsp3) is 0.286. The van der Waals surface area contributed by atoms with Gasteiger partial charge in [-0.05, 0) is 30.2 Å². The maximum absolute atomic E-state index is 6.02. The van der Waals surface area contributed by atoms with E-state index in [2.05, 4.69) is 51.6 Å². The number of nitrogens with one attached hydrogen (secondary N) is 1. The van der Waals surface area contributed by atoms with Crippen molar-refractivity contribution in [2.45, 2.75) is 11.8 Å². The molecule has 0 spiro atoms. The average molecular weight is 343 g/mol. The molecule has 2 aromatic rings. The largest absolute Gasteiger partial charge is 0.315 e. The van der Waals surface area contributed by atoms with Gasteiger partial charge in [0.25, 0.3) is 0 Å². The molecule has 0 aliphatic carbocycles. The topological polar surface area (TPSA) is 12.0 Å². The van der Waals surface area contributed by atoms with Gasteiger partial charge in [0.15, 0.2) is 0 Å². The molecule has 1 aliphatic heterocycles. The van der Waals surface area contributed by atoms with E-state index in [4.69, 9.17) is 11.6 Å². The fourth-order valence-electron chi connectivity index (χ4n) is 2.51. The molecule has 0 bridgehead atoms. The van der Waals surface area contributed by atoms with Crippen molar-refractivity contribution in [1.82, 2.24) is 5.32 Å². The number of hydrogen-bond acceptors (Lipinski definition) is 2. The molecule has 0 atom stereocenters. The summed E-state index contributed by atoms with van der Waals surface area (Å²) in [6.45, 7) is 2.07. The van der Waals surface area contributed by atoms with Crippen molar-refractivity contribution in [3.63, 3.8) is 0 Å². The van der Waals surface area contributed by atoms with E-state index in [9.17, 15) is 0 Å². The lowest BCUT2D eigenvalue weighted by atomic mass is 9.72. The Bertz CT molecular complexity index is 562. The van der Waals surface area contributed by atoms with Crippen molar-refractivity contribution in [2.75, 3.05) is 13.1 Å². The monoisotopic (exact) mass is 341 g/mol. The average Bonchev–Trinajstić information content (AvgIpc) is 2.71. The van der Waals surface area contributed by atoms with Gasteiger partial charge < -0.3 is 5.32 Å². The van der Waals surface area contributed by atoms with E-state index >= 15 is 0 Å². The van der Waals surface area contributed by atoms with Crippen molar-refractivity contribution in [1.29, 1.82) is 0 Å². The van der Waals surface area contributed by atoms with E-state index in [-0.39, 0.29) is 5.41 Å². The summed E-state index contributed by atoms with van der Waals surface area (Å²) in [5.74, 6) is 0. The Labute approximate surface area is 124 Å². The third-order valence-electron chi connectivity index (χ3n) is 3.51. The molecule has 1 aliphatic rings. The van der Waals surface area contributed by atoms with Gasteiger partial charge in [0, 0.05) is 27.9 Å². The van der Waals surface area contributed by atoms with E-state index in [1.807, 2.05) is 6.07 Å². The fourth-order valence-corrected chi connectivity index (χ4v) is 4.45. The molecule has 1 nitrogen and oxygen atoms in total. The van der Waals surface area contributed by atoms with Gasteiger partial charge >= 0.3 is 0 Å². The molecule has 18 heavy (non-hydrogen) atoms. The Morgan fingerprint density at radius 1 is 1.22 bits per heavy atom. The zero-order valence-corrected chi connectivity index (χ0v) is 12.9. The zero-order chi connectivity index (χ0) is 12.6. The SMILES string of the molecule is Clc1ccc(CC2(c3ccccc3Br)CNC2)s1. The maximum atomic E-state index is 6.02. The predicted octanol–water partition coefficient (Wildman–Crippen LogP) is 4.25. The Hall–Kier alpha value is -0.350. The van der Waals surface area contributed by atoms with Crippen LogP contribution in [0.1, 0.15) is 10.4 Å². The summed E-state index contributed by atoms with van der Waals surface area (Å²) in [6, 6.07) is 12.7. The molecule has 0 saturated carbocycles. The molecular weight excluding hydrogens is 330 g/mol. The molecule has 4 heteroatoms. The first-order chi connectivity index (χ1) is 8.70. The van der Waals surface area contributed by atoms with Gasteiger partial charge in [0.05, 0.1) is 4.34 Å². The Morgan fingerprint density at radius 2 is 2.00 bits per heavy atom. The predicted molar refractivity (Wildman–Crippen MR) is 81.7 cm³/mol. The van der Waals surface area contributed by atoms with Crippen molar-refractivity contribution >= 4 is 38.9 Å². The van der Waals surface area contributed by atoms with Crippen molar-refractivity contribution in [2.24, 2.45) is 0 Å². The summed E-state index contributed by atoms with van der Waals surface area (Å²) in [5.41, 5.74) is 1.61. The molecule has 0 radical (unpaired) electrons. The van der Waals surface area contributed by atoms with Gasteiger partial charge in [-0.2, -0.15) is 0 Å². The van der Waals surface area contributed by atoms with Crippen LogP contribution < -0.4 is 5.32 Å². The van der Waals surface area contributed by atoms with E-state index in [1.165, 1.54) is 14.9 Å². The van der Waals surface area contributed by atoms with Crippen LogP contribution in [0.2, 0.25) is 4.34 Å². The van der Waals surface area contributed by atoms with Crippen molar-refractivity contribution in [3.05, 3.63) is 55.6 Å². The highest BCUT2D eigenvalue weighted by Crippen LogP contribution is 2.38. The molecule has 0 amide bonds. The van der Waals surface area contributed by atoms with Gasteiger partial charge in [-0.1, -0.05) is 45.7 Å². The van der Waals surface area contributed by atoms with Gasteiger partial charge in [0.1, 0.15) is 0 Å². The molecule has 1 aromatic carbocycles. The maximum Gasteiger partial charge on any atom is 0.0931 e. The molecule has 0 unspecified atom stereocenters. The molecule has 1 saturated heterocycles. The van der Waals surface area contributed by atoms with Crippen LogP contribution in [-0.2, 0) is 11.8 Å². The van der Waals surface area contributed by atoms with E-state index in [0.29, 0.717) is 0 Å². The van der Waals surface area contributed by atoms with Gasteiger partial charge in [-0.15, -0.1) is 11.3 Å². The number of thiophene rings is 1. The van der Waals surface area contributed by atoms with Crippen molar-refractivity contribution in [3.8, 4) is 0 Å². The summed E-state index contributed by atoms with van der Waals surface area (Å²) < 4.78 is 2.08. The second kappa shape index (κ2) is 4.97. The van der Waals surface area contributed by atoms with Gasteiger partial charge in [-0.25, -0.2) is 0 Å². The highest BCUT2D eigenvalue weighted by atomic mass is 79.9. The summed E-state index contributed by atoms with van der Waals surface area (Å²) in [6.07, 6.45) is 1.06. The summed E-state index contributed by atoms with van der Waals surface area (Å²) in [4.78, 5) is 1.36. The minimum Gasteiger partial charge on any atom is -0.315 e. The second-order valence-corrected chi connectivity index (χ2v) is 7.40. The first-order valence-corrected chi connectivity index (χ1v) is 7.88. The molecule has 3 rings (SSSR count). The first-order valence-electron chi connectivity index (χ1n) is 5.90. The van der Waals surface area contributed by atoms with Crippen LogP contribution in [0.3, 0.4) is 0 Å². The lowest BCUT2D eigenvalue weighted by Crippen LogP contribution is -2.58. The van der Waals surface area contributed by atoms with E-state index in [1.54, 1.807) is 11.3 Å². The van der Waals surface area contributed by atoms with Crippen LogP contribution in [-0.4, -0.2) is 13.1 Å². The highest BCUT2D eigenvalue weighted by molar-refractivity contribution is 9.10. The molecule has 94 valence electrons. The molecule has 2 heterocycles. The van der Waals surface area contributed by atoms with Crippen LogP contribution >= 0.6 is 38.9 Å². The number of hydrogen-bond donors (Lipinski definition) is 1. The van der Waals surface area contributed by atoms with Crippen LogP contribution in [0.4, 0.5) is 0 Å². The smallest absolute Gasteiger partial charge is 0.0931 e. The third-order valence-corrected chi connectivity index (χ3v) is 5.44. The zero-order valence-electron chi connectivity index (χ0n) is 9.75. The van der Waals surface area contributed by atoms with E-state index in [0.717, 1.165) is 23.8 Å². The number of rotatable bonds is 3. The lowest BCUT2D eigenvalue weighted by Gasteiger charge is -2.43. The molecule has 1 N–H and O–H groups in total. The summed E-state index contributed by atoms with van der Waals surface area (Å²) in [5, 5.41) is 3.41. The third kappa shape index (κ3) is 2.25. The Morgan fingerprint density at radius 3 is 2.56 bits per heavy atom.